The van der Waals surface area contributed by atoms with Crippen LogP contribution >= 0.6 is 0 Å². The van der Waals surface area contributed by atoms with Gasteiger partial charge in [-0.2, -0.15) is 0 Å². The summed E-state index contributed by atoms with van der Waals surface area (Å²) in [6, 6.07) is 7.97. The molecule has 21 heavy (non-hydrogen) atoms. The number of piperidine rings is 1. The van der Waals surface area contributed by atoms with Gasteiger partial charge in [-0.25, -0.2) is 0 Å². The third kappa shape index (κ3) is 3.63. The molecule has 114 valence electrons. The molecule has 0 aromatic heterocycles. The maximum Gasteiger partial charge on any atom is 0.253 e. The van der Waals surface area contributed by atoms with Crippen molar-refractivity contribution in [1.29, 1.82) is 0 Å². The van der Waals surface area contributed by atoms with E-state index in [1.807, 2.05) is 23.1 Å². The van der Waals surface area contributed by atoms with E-state index in [2.05, 4.69) is 11.0 Å². The zero-order valence-corrected chi connectivity index (χ0v) is 12.5. The Morgan fingerprint density at radius 2 is 2.00 bits per heavy atom. The number of likely N-dealkylation sites (tertiary alicyclic amines) is 2. The van der Waals surface area contributed by atoms with Crippen molar-refractivity contribution >= 4 is 5.91 Å². The van der Waals surface area contributed by atoms with Crippen LogP contribution in [0.1, 0.15) is 41.6 Å². The van der Waals surface area contributed by atoms with Gasteiger partial charge in [0.15, 0.2) is 0 Å². The Morgan fingerprint density at radius 1 is 1.19 bits per heavy atom. The van der Waals surface area contributed by atoms with Crippen molar-refractivity contribution in [3.05, 3.63) is 35.4 Å². The van der Waals surface area contributed by atoms with Crippen molar-refractivity contribution < 1.29 is 9.90 Å². The molecule has 1 atom stereocenters. The van der Waals surface area contributed by atoms with Crippen LogP contribution in [0.15, 0.2) is 24.3 Å². The summed E-state index contributed by atoms with van der Waals surface area (Å²) < 4.78 is 0. The van der Waals surface area contributed by atoms with Crippen LogP contribution in [0.3, 0.4) is 0 Å². The molecule has 0 saturated carbocycles. The van der Waals surface area contributed by atoms with E-state index in [1.54, 1.807) is 0 Å². The molecule has 1 aromatic rings. The molecule has 2 aliphatic rings. The van der Waals surface area contributed by atoms with Crippen LogP contribution in [0.2, 0.25) is 0 Å². The van der Waals surface area contributed by atoms with Crippen molar-refractivity contribution in [2.24, 2.45) is 0 Å². The average Bonchev–Trinajstić information content (AvgIpc) is 2.93. The third-order valence-corrected chi connectivity index (χ3v) is 4.47. The first-order valence-electron chi connectivity index (χ1n) is 8.01. The van der Waals surface area contributed by atoms with Gasteiger partial charge in [0.05, 0.1) is 6.10 Å². The zero-order chi connectivity index (χ0) is 14.7. The second kappa shape index (κ2) is 6.58. The SMILES string of the molecule is O=C(c1cccc(CN2CC[C@@H](O)C2)c1)N1CCCCC1. The van der Waals surface area contributed by atoms with Gasteiger partial charge in [-0.3, -0.25) is 9.69 Å². The molecular formula is C17H24N2O2. The number of nitrogens with zero attached hydrogens (tertiary/aromatic N) is 2. The Kier molecular flexibility index (Phi) is 4.56. The van der Waals surface area contributed by atoms with Crippen molar-refractivity contribution in [2.45, 2.75) is 38.3 Å². The molecule has 2 heterocycles. The standard InChI is InChI=1S/C17H24N2O2/c20-16-7-10-18(13-16)12-14-5-4-6-15(11-14)17(21)19-8-2-1-3-9-19/h4-6,11,16,20H,1-3,7-10,12-13H2/t16-/m1/s1. The van der Waals surface area contributed by atoms with Crippen molar-refractivity contribution in [3.63, 3.8) is 0 Å². The number of benzene rings is 1. The average molecular weight is 288 g/mol. The number of hydrogen-bond donors (Lipinski definition) is 1. The van der Waals surface area contributed by atoms with Crippen LogP contribution in [-0.4, -0.2) is 53.1 Å². The Bertz CT molecular complexity index is 497. The van der Waals surface area contributed by atoms with Crippen molar-refractivity contribution in [1.82, 2.24) is 9.80 Å². The number of β-amino-alcohol motifs (C(OH)–C–C–N with tert-alkyl or cyclic N) is 1. The highest BCUT2D eigenvalue weighted by molar-refractivity contribution is 5.94. The lowest BCUT2D eigenvalue weighted by molar-refractivity contribution is 0.0724. The van der Waals surface area contributed by atoms with E-state index in [4.69, 9.17) is 0 Å². The van der Waals surface area contributed by atoms with Crippen LogP contribution in [0, 0.1) is 0 Å². The summed E-state index contributed by atoms with van der Waals surface area (Å²) >= 11 is 0. The third-order valence-electron chi connectivity index (χ3n) is 4.47. The Labute approximate surface area is 126 Å². The zero-order valence-electron chi connectivity index (χ0n) is 12.5. The number of aliphatic hydroxyl groups is 1. The van der Waals surface area contributed by atoms with Crippen molar-refractivity contribution in [2.75, 3.05) is 26.2 Å². The Balaban J connectivity index is 1.66. The summed E-state index contributed by atoms with van der Waals surface area (Å²) in [7, 11) is 0. The molecule has 1 N–H and O–H groups in total. The minimum atomic E-state index is -0.192. The Morgan fingerprint density at radius 3 is 2.71 bits per heavy atom. The number of amides is 1. The molecule has 2 fully saturated rings. The monoisotopic (exact) mass is 288 g/mol. The topological polar surface area (TPSA) is 43.8 Å². The Hall–Kier alpha value is -1.39. The summed E-state index contributed by atoms with van der Waals surface area (Å²) in [6.45, 7) is 4.27. The quantitative estimate of drug-likeness (QED) is 0.923. The molecule has 2 saturated heterocycles. The molecule has 0 bridgehead atoms. The maximum atomic E-state index is 12.5. The highest BCUT2D eigenvalue weighted by atomic mass is 16.3. The van der Waals surface area contributed by atoms with Gasteiger partial charge in [0.25, 0.3) is 5.91 Å². The normalized spacial score (nSPS) is 23.5. The van der Waals surface area contributed by atoms with Gasteiger partial charge in [0, 0.05) is 38.3 Å². The fraction of sp³-hybridized carbons (Fsp3) is 0.588. The maximum absolute atomic E-state index is 12.5. The molecule has 4 heteroatoms. The number of aliphatic hydroxyl groups excluding tert-OH is 1. The van der Waals surface area contributed by atoms with Gasteiger partial charge in [0.1, 0.15) is 0 Å². The molecule has 0 spiro atoms. The second-order valence-electron chi connectivity index (χ2n) is 6.23. The summed E-state index contributed by atoms with van der Waals surface area (Å²) in [5, 5.41) is 9.59. The molecule has 4 nitrogen and oxygen atoms in total. The van der Waals surface area contributed by atoms with E-state index >= 15 is 0 Å². The molecular weight excluding hydrogens is 264 g/mol. The highest BCUT2D eigenvalue weighted by Crippen LogP contribution is 2.17. The number of carbonyl (C=O) groups excluding carboxylic acids is 1. The summed E-state index contributed by atoms with van der Waals surface area (Å²) in [6.07, 6.45) is 4.14. The lowest BCUT2D eigenvalue weighted by Gasteiger charge is -2.27. The van der Waals surface area contributed by atoms with E-state index in [9.17, 15) is 9.90 Å². The molecule has 3 rings (SSSR count). The van der Waals surface area contributed by atoms with Gasteiger partial charge < -0.3 is 10.0 Å². The fourth-order valence-electron chi connectivity index (χ4n) is 3.30. The molecule has 0 aliphatic carbocycles. The molecule has 1 aromatic carbocycles. The van der Waals surface area contributed by atoms with Crippen molar-refractivity contribution in [3.8, 4) is 0 Å². The van der Waals surface area contributed by atoms with Crippen LogP contribution < -0.4 is 0 Å². The van der Waals surface area contributed by atoms with E-state index < -0.39 is 0 Å². The summed E-state index contributed by atoms with van der Waals surface area (Å²) in [5.74, 6) is 0.165. The number of carbonyl (C=O) groups is 1. The smallest absolute Gasteiger partial charge is 0.253 e. The minimum absolute atomic E-state index is 0.165. The lowest BCUT2D eigenvalue weighted by Crippen LogP contribution is -2.35. The molecule has 0 unspecified atom stereocenters. The van der Waals surface area contributed by atoms with Crippen LogP contribution in [0.25, 0.3) is 0 Å². The highest BCUT2D eigenvalue weighted by Gasteiger charge is 2.21. The van der Waals surface area contributed by atoms with Crippen LogP contribution in [0.4, 0.5) is 0 Å². The predicted molar refractivity (Wildman–Crippen MR) is 82.1 cm³/mol. The molecule has 0 radical (unpaired) electrons. The van der Waals surface area contributed by atoms with Gasteiger partial charge in [0.2, 0.25) is 0 Å². The molecule has 1 amide bonds. The lowest BCUT2D eigenvalue weighted by atomic mass is 10.1. The van der Waals surface area contributed by atoms with Crippen LogP contribution in [0.5, 0.6) is 0 Å². The van der Waals surface area contributed by atoms with Gasteiger partial charge >= 0.3 is 0 Å². The fourth-order valence-corrected chi connectivity index (χ4v) is 3.30. The van der Waals surface area contributed by atoms with Gasteiger partial charge in [-0.15, -0.1) is 0 Å². The van der Waals surface area contributed by atoms with Gasteiger partial charge in [-0.1, -0.05) is 12.1 Å². The largest absolute Gasteiger partial charge is 0.392 e. The van der Waals surface area contributed by atoms with E-state index in [-0.39, 0.29) is 12.0 Å². The first-order valence-corrected chi connectivity index (χ1v) is 8.01. The van der Waals surface area contributed by atoms with Gasteiger partial charge in [-0.05, 0) is 43.4 Å². The van der Waals surface area contributed by atoms with E-state index in [0.717, 1.165) is 63.1 Å². The summed E-state index contributed by atoms with van der Waals surface area (Å²) in [5.41, 5.74) is 1.96. The number of hydrogen-bond acceptors (Lipinski definition) is 3. The predicted octanol–water partition coefficient (Wildman–Crippen LogP) is 1.88. The van der Waals surface area contributed by atoms with Crippen LogP contribution in [-0.2, 0) is 6.54 Å². The second-order valence-corrected chi connectivity index (χ2v) is 6.23. The number of rotatable bonds is 3. The van der Waals surface area contributed by atoms with E-state index in [0.29, 0.717) is 0 Å². The minimum Gasteiger partial charge on any atom is -0.392 e. The first kappa shape index (κ1) is 14.5. The van der Waals surface area contributed by atoms with E-state index in [1.165, 1.54) is 6.42 Å². The molecule has 2 aliphatic heterocycles. The first-order chi connectivity index (χ1) is 10.2. The summed E-state index contributed by atoms with van der Waals surface area (Å²) in [4.78, 5) is 16.7.